The zero-order valence-electron chi connectivity index (χ0n) is 19.0. The van der Waals surface area contributed by atoms with Crippen molar-refractivity contribution in [1.82, 2.24) is 29.0 Å². The average molecular weight is 562 g/mol. The molecule has 0 saturated carbocycles. The molecule has 2 N–H and O–H groups in total. The first-order valence-corrected chi connectivity index (χ1v) is 14.9. The van der Waals surface area contributed by atoms with E-state index in [1.165, 1.54) is 25.7 Å². The van der Waals surface area contributed by atoms with E-state index >= 15 is 0 Å². The van der Waals surface area contributed by atoms with Gasteiger partial charge in [0.05, 0.1) is 0 Å². The van der Waals surface area contributed by atoms with Gasteiger partial charge < -0.3 is 10.2 Å². The van der Waals surface area contributed by atoms with Gasteiger partial charge in [-0.25, -0.2) is 4.68 Å². The molecule has 1 unspecified atom stereocenters. The van der Waals surface area contributed by atoms with Gasteiger partial charge >= 0.3 is 38.9 Å². The van der Waals surface area contributed by atoms with E-state index in [-0.39, 0.29) is 0 Å². The molecule has 0 amide bonds. The van der Waals surface area contributed by atoms with E-state index in [4.69, 9.17) is 0 Å². The number of aromatic nitrogens is 3. The molecule has 1 aromatic heterocycles. The Bertz CT molecular complexity index is 1160. The molecule has 5 heterocycles. The molecule has 0 radical (unpaired) electrons. The third kappa shape index (κ3) is 4.96. The topological polar surface area (TPSA) is 106 Å². The Morgan fingerprint density at radius 1 is 0.861 bits per heavy atom. The largest absolute Gasteiger partial charge is 0.347 e. The minimum atomic E-state index is -10.7. The Morgan fingerprint density at radius 2 is 1.42 bits per heavy atom. The fraction of sp³-hybridized carbons (Fsp3) is 0.667. The number of aliphatic hydroxyl groups is 2. The van der Waals surface area contributed by atoms with Crippen molar-refractivity contribution in [2.24, 2.45) is 10.2 Å². The van der Waals surface area contributed by atoms with E-state index in [0.717, 1.165) is 26.2 Å². The van der Waals surface area contributed by atoms with E-state index in [2.05, 4.69) is 29.9 Å². The molecule has 3 saturated heterocycles. The molecule has 18 heteroatoms. The summed E-state index contributed by atoms with van der Waals surface area (Å²) in [7, 11) is -12.1. The summed E-state index contributed by atoms with van der Waals surface area (Å²) in [4.78, 5) is 0. The van der Waals surface area contributed by atoms with Crippen molar-refractivity contribution in [3.63, 3.8) is 0 Å². The maximum atomic E-state index is 11.6. The van der Waals surface area contributed by atoms with E-state index in [1.54, 1.807) is 4.68 Å². The smallest absolute Gasteiger partial charge is 0.307 e. The molecular formula is C18H26F6N8O2P2. The first-order valence-electron chi connectivity index (χ1n) is 11.5. The zero-order valence-corrected chi connectivity index (χ0v) is 20.9. The fourth-order valence-corrected chi connectivity index (χ4v) is 8.55. The van der Waals surface area contributed by atoms with E-state index in [9.17, 15) is 35.4 Å². The first kappa shape index (κ1) is 26.1. The first-order chi connectivity index (χ1) is 16.6. The molecule has 4 aliphatic heterocycles. The summed E-state index contributed by atoms with van der Waals surface area (Å²) < 4.78 is 67.6. The number of azo groups is 1. The van der Waals surface area contributed by atoms with Gasteiger partial charge in [0.15, 0.2) is 0 Å². The number of fused-ring (bicyclic) bond motifs is 1. The van der Waals surface area contributed by atoms with Gasteiger partial charge in [-0.1, -0.05) is 16.0 Å². The molecule has 0 aliphatic carbocycles. The second-order valence-corrected chi connectivity index (χ2v) is 13.7. The number of para-hydroxylation sites is 1. The maximum Gasteiger partial charge on any atom is 0.307 e. The van der Waals surface area contributed by atoms with Crippen molar-refractivity contribution in [1.29, 1.82) is 0 Å². The summed E-state index contributed by atoms with van der Waals surface area (Å²) in [5.41, 5.74) is 0.704. The van der Waals surface area contributed by atoms with Gasteiger partial charge in [-0.2, -0.15) is 14.5 Å². The monoisotopic (exact) mass is 562 g/mol. The van der Waals surface area contributed by atoms with E-state index in [1.807, 2.05) is 22.9 Å². The molecule has 4 aliphatic rings. The normalized spacial score (nSPS) is 28.6. The predicted molar refractivity (Wildman–Crippen MR) is 122 cm³/mol. The van der Waals surface area contributed by atoms with Crippen LogP contribution in [0.15, 0.2) is 28.4 Å². The number of halogens is 6. The van der Waals surface area contributed by atoms with Crippen LogP contribution in [-0.4, -0.2) is 77.9 Å². The third-order valence-corrected chi connectivity index (χ3v) is 9.78. The van der Waals surface area contributed by atoms with Crippen LogP contribution in [-0.2, 0) is 5.66 Å². The minimum Gasteiger partial charge on any atom is -0.347 e. The number of hydrogen-bond acceptors (Lipinski definition) is 9. The molecule has 202 valence electrons. The van der Waals surface area contributed by atoms with Crippen LogP contribution in [0.5, 0.6) is 0 Å². The van der Waals surface area contributed by atoms with E-state index < -0.39 is 27.8 Å². The Balaban J connectivity index is 0.000000338. The molecule has 6 rings (SSSR count). The van der Waals surface area contributed by atoms with Crippen molar-refractivity contribution >= 4 is 32.9 Å². The average Bonchev–Trinajstić information content (AvgIpc) is 3.54. The van der Waals surface area contributed by atoms with Gasteiger partial charge in [-0.3, -0.25) is 0 Å². The van der Waals surface area contributed by atoms with Crippen LogP contribution in [0.4, 0.5) is 30.9 Å². The van der Waals surface area contributed by atoms with Gasteiger partial charge in [-0.15, -0.1) is 10.2 Å². The summed E-state index contributed by atoms with van der Waals surface area (Å²) in [6, 6.07) is 5.58. The Hall–Kier alpha value is -1.54. The summed E-state index contributed by atoms with van der Waals surface area (Å²) in [5, 5.41) is 40.6. The van der Waals surface area contributed by atoms with Gasteiger partial charge in [0.1, 0.15) is 16.7 Å². The standard InChI is InChI=1S/C18H25N8O2P.F6P/c27-18(28)17(21-19-14-6-5-7-15-16(14)26(17)22-20-15)8-13-25(18)29(23-9-1-2-10-23)24-11-3-4-12-24;1-7(2,3,4,5)6/h5-7,27-28H,1-4,8-13H2;/q;-1/p+1. The molecule has 1 spiro atoms. The van der Waals surface area contributed by atoms with Crippen molar-refractivity contribution in [2.75, 3.05) is 32.7 Å². The Kier molecular flexibility index (Phi) is 5.78. The Morgan fingerprint density at radius 3 is 1.97 bits per heavy atom. The summed E-state index contributed by atoms with van der Waals surface area (Å²) in [6.07, 6.45) is 5.11. The molecule has 36 heavy (non-hydrogen) atoms. The number of hydrogen-bond donors (Lipinski definition) is 2. The molecule has 0 bridgehead atoms. The summed E-state index contributed by atoms with van der Waals surface area (Å²) in [5.74, 6) is -2.18. The summed E-state index contributed by atoms with van der Waals surface area (Å²) in [6.45, 7) is 4.60. The van der Waals surface area contributed by atoms with Crippen LogP contribution in [0.3, 0.4) is 0 Å². The molecule has 3 fully saturated rings. The van der Waals surface area contributed by atoms with Crippen molar-refractivity contribution in [2.45, 2.75) is 43.7 Å². The SMILES string of the molecule is F[P-](F)(F)(F)(F)F.OC1(O)N([PH+](N2CCCC2)N2CCCC2)CCC12N=Nc1cccc3nnn2c13. The zero-order chi connectivity index (χ0) is 26.0. The van der Waals surface area contributed by atoms with Gasteiger partial charge in [-0.05, 0) is 37.8 Å². The van der Waals surface area contributed by atoms with Crippen molar-refractivity contribution < 1.29 is 35.4 Å². The van der Waals surface area contributed by atoms with Gasteiger partial charge in [0, 0.05) is 39.1 Å². The van der Waals surface area contributed by atoms with Gasteiger partial charge in [0.2, 0.25) is 14.0 Å². The third-order valence-electron chi connectivity index (χ3n) is 6.74. The number of benzene rings is 1. The molecule has 1 atom stereocenters. The van der Waals surface area contributed by atoms with Gasteiger partial charge in [0.25, 0.3) is 0 Å². The molecule has 1 aromatic carbocycles. The van der Waals surface area contributed by atoms with Crippen molar-refractivity contribution in [3.8, 4) is 0 Å². The van der Waals surface area contributed by atoms with Crippen LogP contribution < -0.4 is 0 Å². The quantitative estimate of drug-likeness (QED) is 0.306. The van der Waals surface area contributed by atoms with Crippen LogP contribution >= 0.6 is 16.2 Å². The number of nitrogens with zero attached hydrogens (tertiary/aromatic N) is 8. The summed E-state index contributed by atoms with van der Waals surface area (Å²) >= 11 is 0. The van der Waals surface area contributed by atoms with Crippen molar-refractivity contribution in [3.05, 3.63) is 18.2 Å². The number of rotatable bonds is 3. The van der Waals surface area contributed by atoms with Crippen LogP contribution in [0.1, 0.15) is 32.1 Å². The molecule has 10 nitrogen and oxygen atoms in total. The van der Waals surface area contributed by atoms with Crippen LogP contribution in [0.25, 0.3) is 11.0 Å². The minimum absolute atomic E-state index is 0.437. The Labute approximate surface area is 202 Å². The molecule has 2 aromatic rings. The fourth-order valence-electron chi connectivity index (χ4n) is 5.26. The van der Waals surface area contributed by atoms with Crippen LogP contribution in [0, 0.1) is 0 Å². The second kappa shape index (κ2) is 7.98. The second-order valence-electron chi connectivity index (χ2n) is 9.35. The maximum absolute atomic E-state index is 11.6. The van der Waals surface area contributed by atoms with Crippen LogP contribution in [0.2, 0.25) is 0 Å². The predicted octanol–water partition coefficient (Wildman–Crippen LogP) is 5.06. The molecular weight excluding hydrogens is 536 g/mol. The van der Waals surface area contributed by atoms with E-state index in [0.29, 0.717) is 29.7 Å².